The molecule has 6 nitrogen and oxygen atoms in total. The first-order valence-corrected chi connectivity index (χ1v) is 9.04. The molecule has 0 aliphatic carbocycles. The van der Waals surface area contributed by atoms with Crippen LogP contribution < -0.4 is 14.8 Å². The Morgan fingerprint density at radius 2 is 1.96 bits per heavy atom. The van der Waals surface area contributed by atoms with Crippen LogP contribution in [0.2, 0.25) is 5.02 Å². The molecule has 0 atom stereocenters. The molecule has 2 aromatic carbocycles. The van der Waals surface area contributed by atoms with Crippen molar-refractivity contribution < 1.29 is 17.9 Å². The zero-order valence-corrected chi connectivity index (χ0v) is 14.4. The van der Waals surface area contributed by atoms with Gasteiger partial charge in [-0.3, -0.25) is 9.52 Å². The first-order chi connectivity index (χ1) is 11.4. The molecule has 1 amide bonds. The minimum Gasteiger partial charge on any atom is -0.495 e. The molecule has 1 aliphatic rings. The number of hydrogen-bond acceptors (Lipinski definition) is 4. The number of sulfonamides is 1. The third kappa shape index (κ3) is 3.32. The zero-order valence-electron chi connectivity index (χ0n) is 12.8. The zero-order chi connectivity index (χ0) is 17.3. The highest BCUT2D eigenvalue weighted by Gasteiger charge is 2.19. The summed E-state index contributed by atoms with van der Waals surface area (Å²) in [7, 11) is -2.32. The summed E-state index contributed by atoms with van der Waals surface area (Å²) in [6.45, 7) is 0. The summed E-state index contributed by atoms with van der Waals surface area (Å²) >= 11 is 5.99. The standard InChI is InChI=1S/C16H15ClN2O4S/c1-23-15-6-4-12(9-13(15)17)24(21,22)19-11-3-5-14-10(8-11)2-7-16(20)18-14/h3-6,8-9,19H,2,7H2,1H3,(H,18,20). The molecule has 1 heterocycles. The number of methoxy groups -OCH3 is 1. The van der Waals surface area contributed by atoms with Gasteiger partial charge in [0.25, 0.3) is 10.0 Å². The molecule has 8 heteroatoms. The van der Waals surface area contributed by atoms with Gasteiger partial charge in [-0.15, -0.1) is 0 Å². The Labute approximate surface area is 144 Å². The van der Waals surface area contributed by atoms with Crippen LogP contribution in [0.1, 0.15) is 12.0 Å². The second-order valence-corrected chi connectivity index (χ2v) is 7.41. The van der Waals surface area contributed by atoms with E-state index in [4.69, 9.17) is 16.3 Å². The number of anilines is 2. The molecular formula is C16H15ClN2O4S. The average molecular weight is 367 g/mol. The molecule has 2 aromatic rings. The predicted octanol–water partition coefficient (Wildman–Crippen LogP) is 3.03. The number of carbonyl (C=O) groups excluding carboxylic acids is 1. The Balaban J connectivity index is 1.87. The van der Waals surface area contributed by atoms with Gasteiger partial charge in [0.2, 0.25) is 5.91 Å². The predicted molar refractivity (Wildman–Crippen MR) is 92.2 cm³/mol. The maximum absolute atomic E-state index is 12.5. The number of rotatable bonds is 4. The molecule has 0 spiro atoms. The summed E-state index contributed by atoms with van der Waals surface area (Å²) in [5, 5.41) is 2.97. The molecule has 0 aromatic heterocycles. The number of nitrogens with one attached hydrogen (secondary N) is 2. The molecule has 1 aliphatic heterocycles. The number of hydrogen-bond donors (Lipinski definition) is 2. The second-order valence-electron chi connectivity index (χ2n) is 5.32. The first kappa shape index (κ1) is 16.6. The fourth-order valence-electron chi connectivity index (χ4n) is 2.48. The molecule has 2 N–H and O–H groups in total. The third-order valence-corrected chi connectivity index (χ3v) is 5.36. The van der Waals surface area contributed by atoms with Gasteiger partial charge in [-0.2, -0.15) is 0 Å². The molecule has 126 valence electrons. The van der Waals surface area contributed by atoms with Crippen molar-refractivity contribution in [3.63, 3.8) is 0 Å². The minimum atomic E-state index is -3.78. The fourth-order valence-corrected chi connectivity index (χ4v) is 3.87. The van der Waals surface area contributed by atoms with Gasteiger partial charge in [0.15, 0.2) is 0 Å². The van der Waals surface area contributed by atoms with Crippen molar-refractivity contribution in [1.29, 1.82) is 0 Å². The number of carbonyl (C=O) groups is 1. The van der Waals surface area contributed by atoms with Crippen molar-refractivity contribution in [1.82, 2.24) is 0 Å². The topological polar surface area (TPSA) is 84.5 Å². The van der Waals surface area contributed by atoms with E-state index in [0.717, 1.165) is 5.56 Å². The lowest BCUT2D eigenvalue weighted by Crippen LogP contribution is -2.19. The highest BCUT2D eigenvalue weighted by molar-refractivity contribution is 7.92. The van der Waals surface area contributed by atoms with Crippen molar-refractivity contribution in [2.75, 3.05) is 17.1 Å². The van der Waals surface area contributed by atoms with Gasteiger partial charge in [-0.05, 0) is 48.4 Å². The number of aryl methyl sites for hydroxylation is 1. The summed E-state index contributed by atoms with van der Waals surface area (Å²) in [6.07, 6.45) is 0.961. The number of benzene rings is 2. The van der Waals surface area contributed by atoms with Gasteiger partial charge in [0.05, 0.1) is 17.0 Å². The minimum absolute atomic E-state index is 0.0382. The summed E-state index contributed by atoms with van der Waals surface area (Å²) in [6, 6.07) is 9.27. The number of halogens is 1. The SMILES string of the molecule is COc1ccc(S(=O)(=O)Nc2ccc3c(c2)CCC(=O)N3)cc1Cl. The maximum Gasteiger partial charge on any atom is 0.261 e. The lowest BCUT2D eigenvalue weighted by atomic mass is 10.0. The molecule has 0 radical (unpaired) electrons. The van der Waals surface area contributed by atoms with E-state index in [0.29, 0.717) is 30.0 Å². The van der Waals surface area contributed by atoms with E-state index >= 15 is 0 Å². The smallest absolute Gasteiger partial charge is 0.261 e. The third-order valence-electron chi connectivity index (χ3n) is 3.69. The number of amides is 1. The Morgan fingerprint density at radius 1 is 1.17 bits per heavy atom. The summed E-state index contributed by atoms with van der Waals surface area (Å²) in [5.41, 5.74) is 2.03. The largest absolute Gasteiger partial charge is 0.495 e. The maximum atomic E-state index is 12.5. The van der Waals surface area contributed by atoms with E-state index in [-0.39, 0.29) is 15.8 Å². The van der Waals surface area contributed by atoms with E-state index in [1.165, 1.54) is 25.3 Å². The van der Waals surface area contributed by atoms with E-state index < -0.39 is 10.0 Å². The molecule has 0 saturated carbocycles. The van der Waals surface area contributed by atoms with Gasteiger partial charge in [-0.1, -0.05) is 11.6 Å². The van der Waals surface area contributed by atoms with Crippen LogP contribution in [-0.2, 0) is 21.2 Å². The van der Waals surface area contributed by atoms with E-state index in [9.17, 15) is 13.2 Å². The van der Waals surface area contributed by atoms with Crippen LogP contribution >= 0.6 is 11.6 Å². The fraction of sp³-hybridized carbons (Fsp3) is 0.188. The molecule has 0 unspecified atom stereocenters. The Bertz CT molecular complexity index is 912. The first-order valence-electron chi connectivity index (χ1n) is 7.18. The number of fused-ring (bicyclic) bond motifs is 1. The average Bonchev–Trinajstić information content (AvgIpc) is 2.54. The van der Waals surface area contributed by atoms with Gasteiger partial charge in [0, 0.05) is 17.8 Å². The Hall–Kier alpha value is -2.25. The molecule has 0 saturated heterocycles. The van der Waals surface area contributed by atoms with Crippen LogP contribution in [-0.4, -0.2) is 21.4 Å². The second kappa shape index (κ2) is 6.33. The Morgan fingerprint density at radius 3 is 2.67 bits per heavy atom. The van der Waals surface area contributed by atoms with E-state index in [2.05, 4.69) is 10.0 Å². The molecule has 24 heavy (non-hydrogen) atoms. The lowest BCUT2D eigenvalue weighted by molar-refractivity contribution is -0.116. The van der Waals surface area contributed by atoms with Gasteiger partial charge >= 0.3 is 0 Å². The number of ether oxygens (including phenoxy) is 1. The monoisotopic (exact) mass is 366 g/mol. The van der Waals surface area contributed by atoms with Gasteiger partial charge in [-0.25, -0.2) is 8.42 Å². The summed E-state index contributed by atoms with van der Waals surface area (Å²) in [4.78, 5) is 11.4. The van der Waals surface area contributed by atoms with Crippen molar-refractivity contribution in [2.45, 2.75) is 17.7 Å². The molecule has 0 fully saturated rings. The normalized spacial score (nSPS) is 13.8. The van der Waals surface area contributed by atoms with E-state index in [1.54, 1.807) is 18.2 Å². The summed E-state index contributed by atoms with van der Waals surface area (Å²) in [5.74, 6) is 0.365. The Kier molecular flexibility index (Phi) is 4.38. The van der Waals surface area contributed by atoms with Crippen LogP contribution in [0.5, 0.6) is 5.75 Å². The highest BCUT2D eigenvalue weighted by atomic mass is 35.5. The van der Waals surface area contributed by atoms with Gasteiger partial charge in [0.1, 0.15) is 5.75 Å². The summed E-state index contributed by atoms with van der Waals surface area (Å²) < 4.78 is 32.5. The van der Waals surface area contributed by atoms with Crippen molar-refractivity contribution >= 4 is 38.9 Å². The highest BCUT2D eigenvalue weighted by Crippen LogP contribution is 2.29. The van der Waals surface area contributed by atoms with E-state index in [1.807, 2.05) is 0 Å². The van der Waals surface area contributed by atoms with Crippen LogP contribution in [0.25, 0.3) is 0 Å². The van der Waals surface area contributed by atoms with Crippen molar-refractivity contribution in [2.24, 2.45) is 0 Å². The quantitative estimate of drug-likeness (QED) is 0.871. The lowest BCUT2D eigenvalue weighted by Gasteiger charge is -2.18. The van der Waals surface area contributed by atoms with Crippen LogP contribution in [0, 0.1) is 0 Å². The van der Waals surface area contributed by atoms with Crippen LogP contribution in [0.15, 0.2) is 41.3 Å². The van der Waals surface area contributed by atoms with Crippen molar-refractivity contribution in [3.05, 3.63) is 47.0 Å². The van der Waals surface area contributed by atoms with Crippen molar-refractivity contribution in [3.8, 4) is 5.75 Å². The molecule has 3 rings (SSSR count). The van der Waals surface area contributed by atoms with Crippen LogP contribution in [0.3, 0.4) is 0 Å². The molecular weight excluding hydrogens is 352 g/mol. The molecule has 0 bridgehead atoms. The van der Waals surface area contributed by atoms with Gasteiger partial charge < -0.3 is 10.1 Å². The van der Waals surface area contributed by atoms with Crippen LogP contribution in [0.4, 0.5) is 11.4 Å².